The molecule has 0 aliphatic heterocycles. The van der Waals surface area contributed by atoms with Gasteiger partial charge in [0, 0.05) is 26.7 Å². The number of aromatic nitrogens is 3. The number of rotatable bonds is 7. The average Bonchev–Trinajstić information content (AvgIpc) is 2.38. The first-order valence-corrected chi connectivity index (χ1v) is 5.40. The Morgan fingerprint density at radius 2 is 1.67 bits per heavy atom. The third kappa shape index (κ3) is 3.97. The number of likely N-dealkylation sites (N-methyl/N-ethyl adjacent to an activating group) is 1. The highest BCUT2D eigenvalue weighted by Crippen LogP contribution is 2.14. The fourth-order valence-electron chi connectivity index (χ4n) is 1.38. The molecule has 8 nitrogen and oxygen atoms in total. The van der Waals surface area contributed by atoms with Gasteiger partial charge in [-0.05, 0) is 0 Å². The van der Waals surface area contributed by atoms with E-state index in [-0.39, 0.29) is 18.1 Å². The molecule has 2 N–H and O–H groups in total. The minimum absolute atomic E-state index is 0.131. The zero-order valence-electron chi connectivity index (χ0n) is 11.1. The average molecular weight is 257 g/mol. The van der Waals surface area contributed by atoms with Crippen molar-refractivity contribution in [3.05, 3.63) is 0 Å². The highest BCUT2D eigenvalue weighted by Gasteiger charge is 2.13. The maximum atomic E-state index is 5.86. The molecular weight excluding hydrogens is 238 g/mol. The predicted octanol–water partition coefficient (Wildman–Crippen LogP) is -0.701. The largest absolute Gasteiger partial charge is 0.467 e. The van der Waals surface area contributed by atoms with E-state index in [1.165, 1.54) is 14.2 Å². The van der Waals surface area contributed by atoms with E-state index in [0.29, 0.717) is 19.1 Å². The van der Waals surface area contributed by atoms with E-state index in [1.807, 2.05) is 7.05 Å². The summed E-state index contributed by atoms with van der Waals surface area (Å²) >= 11 is 0. The normalized spacial score (nSPS) is 12.1. The lowest BCUT2D eigenvalue weighted by Crippen LogP contribution is -2.39. The van der Waals surface area contributed by atoms with E-state index in [2.05, 4.69) is 15.0 Å². The zero-order valence-corrected chi connectivity index (χ0v) is 11.1. The summed E-state index contributed by atoms with van der Waals surface area (Å²) in [5.41, 5.74) is 5.86. The number of methoxy groups -OCH3 is 3. The molecule has 0 spiro atoms. The second-order valence-corrected chi connectivity index (χ2v) is 3.70. The minimum atomic E-state index is -0.131. The molecule has 18 heavy (non-hydrogen) atoms. The lowest BCUT2D eigenvalue weighted by molar-refractivity contribution is 0.181. The molecule has 0 amide bonds. The monoisotopic (exact) mass is 257 g/mol. The Hall–Kier alpha value is -1.67. The molecule has 0 bridgehead atoms. The number of nitrogens with two attached hydrogens (primary N) is 1. The number of hydrogen-bond donors (Lipinski definition) is 1. The van der Waals surface area contributed by atoms with Gasteiger partial charge in [0.05, 0.1) is 20.8 Å². The summed E-state index contributed by atoms with van der Waals surface area (Å²) < 4.78 is 14.9. The van der Waals surface area contributed by atoms with Crippen molar-refractivity contribution in [2.24, 2.45) is 5.73 Å². The van der Waals surface area contributed by atoms with Crippen molar-refractivity contribution in [1.82, 2.24) is 15.0 Å². The first kappa shape index (κ1) is 14.4. The van der Waals surface area contributed by atoms with Gasteiger partial charge in [0.25, 0.3) is 0 Å². The Labute approximate surface area is 106 Å². The Balaban J connectivity index is 2.80. The molecule has 1 heterocycles. The lowest BCUT2D eigenvalue weighted by Gasteiger charge is -2.21. The number of ether oxygens (including phenoxy) is 3. The summed E-state index contributed by atoms with van der Waals surface area (Å²) in [6, 6.07) is 0.266. The molecule has 0 saturated carbocycles. The molecule has 1 aromatic heterocycles. The third-order valence-corrected chi connectivity index (χ3v) is 2.18. The minimum Gasteiger partial charge on any atom is -0.467 e. The predicted molar refractivity (Wildman–Crippen MR) is 66.1 cm³/mol. The molecule has 1 atom stereocenters. The van der Waals surface area contributed by atoms with Gasteiger partial charge in [0.15, 0.2) is 0 Å². The lowest BCUT2D eigenvalue weighted by atomic mass is 10.3. The Morgan fingerprint density at radius 1 is 1.11 bits per heavy atom. The van der Waals surface area contributed by atoms with Crippen LogP contribution in [-0.2, 0) is 4.74 Å². The van der Waals surface area contributed by atoms with Crippen LogP contribution in [0.15, 0.2) is 0 Å². The second-order valence-electron chi connectivity index (χ2n) is 3.70. The summed E-state index contributed by atoms with van der Waals surface area (Å²) in [5.74, 6) is 0.435. The highest BCUT2D eigenvalue weighted by atomic mass is 16.5. The van der Waals surface area contributed by atoms with Crippen LogP contribution < -0.4 is 20.1 Å². The highest BCUT2D eigenvalue weighted by molar-refractivity contribution is 5.31. The molecule has 1 unspecified atom stereocenters. The van der Waals surface area contributed by atoms with Crippen molar-refractivity contribution in [3.63, 3.8) is 0 Å². The molecule has 0 fully saturated rings. The van der Waals surface area contributed by atoms with Crippen LogP contribution in [-0.4, -0.2) is 62.5 Å². The van der Waals surface area contributed by atoms with Gasteiger partial charge in [-0.15, -0.1) is 4.98 Å². The summed E-state index contributed by atoms with van der Waals surface area (Å²) in [6.07, 6.45) is 0. The van der Waals surface area contributed by atoms with Crippen molar-refractivity contribution in [3.8, 4) is 12.0 Å². The molecule has 0 aliphatic carbocycles. The summed E-state index contributed by atoms with van der Waals surface area (Å²) in [5, 5.41) is 0. The van der Waals surface area contributed by atoms with E-state index in [0.717, 1.165) is 0 Å². The number of hydrogen-bond acceptors (Lipinski definition) is 8. The molecule has 0 saturated heterocycles. The summed E-state index contributed by atoms with van der Waals surface area (Å²) in [7, 11) is 6.39. The maximum Gasteiger partial charge on any atom is 0.324 e. The van der Waals surface area contributed by atoms with Crippen LogP contribution in [0.25, 0.3) is 0 Å². The number of anilines is 1. The van der Waals surface area contributed by atoms with Gasteiger partial charge in [-0.25, -0.2) is 0 Å². The van der Waals surface area contributed by atoms with Crippen molar-refractivity contribution in [2.45, 2.75) is 6.04 Å². The van der Waals surface area contributed by atoms with Crippen molar-refractivity contribution in [2.75, 3.05) is 46.4 Å². The molecular formula is C10H19N5O3. The van der Waals surface area contributed by atoms with Crippen LogP contribution in [0.1, 0.15) is 0 Å². The zero-order chi connectivity index (χ0) is 13.5. The van der Waals surface area contributed by atoms with E-state index < -0.39 is 0 Å². The van der Waals surface area contributed by atoms with Gasteiger partial charge >= 0.3 is 12.0 Å². The number of nitrogens with zero attached hydrogens (tertiary/aromatic N) is 4. The first-order valence-electron chi connectivity index (χ1n) is 5.40. The Bertz CT molecular complexity index is 354. The van der Waals surface area contributed by atoms with Crippen LogP contribution >= 0.6 is 0 Å². The summed E-state index contributed by atoms with van der Waals surface area (Å²) in [4.78, 5) is 13.9. The van der Waals surface area contributed by atoms with Gasteiger partial charge in [-0.3, -0.25) is 0 Å². The fourth-order valence-corrected chi connectivity index (χ4v) is 1.38. The van der Waals surface area contributed by atoms with E-state index >= 15 is 0 Å². The smallest absolute Gasteiger partial charge is 0.324 e. The fraction of sp³-hybridized carbons (Fsp3) is 0.700. The van der Waals surface area contributed by atoms with Crippen LogP contribution in [0.5, 0.6) is 12.0 Å². The molecule has 8 heteroatoms. The van der Waals surface area contributed by atoms with Crippen LogP contribution in [0, 0.1) is 0 Å². The SMILES string of the molecule is COCC(N)CN(C)c1nc(OC)nc(OC)n1. The van der Waals surface area contributed by atoms with Gasteiger partial charge in [0.2, 0.25) is 5.95 Å². The van der Waals surface area contributed by atoms with Crippen LogP contribution in [0.3, 0.4) is 0 Å². The first-order chi connectivity index (χ1) is 8.60. The summed E-state index contributed by atoms with van der Waals surface area (Å²) in [6.45, 7) is 1.01. The molecule has 1 rings (SSSR count). The maximum absolute atomic E-state index is 5.86. The Kier molecular flexibility index (Phi) is 5.53. The van der Waals surface area contributed by atoms with Crippen molar-refractivity contribution < 1.29 is 14.2 Å². The van der Waals surface area contributed by atoms with Crippen LogP contribution in [0.2, 0.25) is 0 Å². The molecule has 1 aromatic rings. The van der Waals surface area contributed by atoms with E-state index in [4.69, 9.17) is 19.9 Å². The van der Waals surface area contributed by atoms with Gasteiger partial charge < -0.3 is 24.8 Å². The van der Waals surface area contributed by atoms with Gasteiger partial charge in [-0.1, -0.05) is 0 Å². The van der Waals surface area contributed by atoms with Gasteiger partial charge in [0.1, 0.15) is 0 Å². The molecule has 102 valence electrons. The standard InChI is InChI=1S/C10H19N5O3/c1-15(5-7(11)6-16-2)8-12-9(17-3)14-10(13-8)18-4/h7H,5-6,11H2,1-4H3. The van der Waals surface area contributed by atoms with E-state index in [9.17, 15) is 0 Å². The van der Waals surface area contributed by atoms with Crippen LogP contribution in [0.4, 0.5) is 5.95 Å². The van der Waals surface area contributed by atoms with Crippen molar-refractivity contribution >= 4 is 5.95 Å². The topological polar surface area (TPSA) is 95.6 Å². The second kappa shape index (κ2) is 6.92. The Morgan fingerprint density at radius 3 is 2.11 bits per heavy atom. The van der Waals surface area contributed by atoms with Crippen molar-refractivity contribution in [1.29, 1.82) is 0 Å². The quantitative estimate of drug-likeness (QED) is 0.685. The molecule has 0 radical (unpaired) electrons. The molecule has 0 aliphatic rings. The van der Waals surface area contributed by atoms with Gasteiger partial charge in [-0.2, -0.15) is 9.97 Å². The van der Waals surface area contributed by atoms with E-state index in [1.54, 1.807) is 12.0 Å². The third-order valence-electron chi connectivity index (χ3n) is 2.18. The molecule has 0 aromatic carbocycles.